The van der Waals surface area contributed by atoms with E-state index >= 15 is 0 Å². The van der Waals surface area contributed by atoms with Gasteiger partial charge in [-0.2, -0.15) is 11.8 Å². The highest BCUT2D eigenvalue weighted by molar-refractivity contribution is 7.99. The van der Waals surface area contributed by atoms with Crippen LogP contribution in [0.25, 0.3) is 0 Å². The number of rotatable bonds is 6. The summed E-state index contributed by atoms with van der Waals surface area (Å²) in [6, 6.07) is 7.51. The number of carbonyl (C=O) groups excluding carboxylic acids is 1. The Hall–Kier alpha value is -0.620. The van der Waals surface area contributed by atoms with Gasteiger partial charge in [-0.05, 0) is 31.2 Å². The van der Waals surface area contributed by atoms with E-state index < -0.39 is 0 Å². The molecule has 7 heteroatoms. The van der Waals surface area contributed by atoms with Gasteiger partial charge in [-0.1, -0.05) is 11.6 Å². The quantitative estimate of drug-likeness (QED) is 0.814. The Balaban J connectivity index is 0.00000242. The van der Waals surface area contributed by atoms with Crippen LogP contribution >= 0.6 is 35.8 Å². The molecule has 2 unspecified atom stereocenters. The molecule has 1 amide bonds. The molecule has 0 radical (unpaired) electrons. The van der Waals surface area contributed by atoms with Gasteiger partial charge >= 0.3 is 0 Å². The number of hydrogen-bond acceptors (Lipinski definition) is 4. The van der Waals surface area contributed by atoms with Crippen LogP contribution in [0.4, 0.5) is 0 Å². The van der Waals surface area contributed by atoms with Crippen LogP contribution in [0.15, 0.2) is 24.3 Å². The third-order valence-corrected chi connectivity index (χ3v) is 4.55. The lowest BCUT2D eigenvalue weighted by Crippen LogP contribution is -2.42. The number of ether oxygens (including phenoxy) is 1. The van der Waals surface area contributed by atoms with Crippen molar-refractivity contribution in [1.82, 2.24) is 10.6 Å². The van der Waals surface area contributed by atoms with Crippen molar-refractivity contribution in [2.45, 2.75) is 25.5 Å². The average molecular weight is 365 g/mol. The number of carbonyl (C=O) groups is 1. The number of amides is 1. The van der Waals surface area contributed by atoms with E-state index in [0.29, 0.717) is 18.0 Å². The standard InChI is InChI=1S/C15H21ClN2O2S.ClH/c1-11(20-14-4-2-12(16)3-5-14)9-18-15(19)8-13-10-21-7-6-17-13;/h2-5,11,13,17H,6-10H2,1H3,(H,18,19);1H. The van der Waals surface area contributed by atoms with Gasteiger partial charge in [-0.15, -0.1) is 12.4 Å². The Morgan fingerprint density at radius 2 is 2.23 bits per heavy atom. The van der Waals surface area contributed by atoms with Gasteiger partial charge in [0.2, 0.25) is 5.91 Å². The smallest absolute Gasteiger partial charge is 0.221 e. The predicted molar refractivity (Wildman–Crippen MR) is 95.5 cm³/mol. The van der Waals surface area contributed by atoms with Gasteiger partial charge in [0, 0.05) is 35.5 Å². The van der Waals surface area contributed by atoms with Crippen LogP contribution in [0.5, 0.6) is 5.75 Å². The van der Waals surface area contributed by atoms with Crippen LogP contribution in [0.1, 0.15) is 13.3 Å². The molecule has 1 saturated heterocycles. The van der Waals surface area contributed by atoms with E-state index in [-0.39, 0.29) is 30.5 Å². The highest BCUT2D eigenvalue weighted by atomic mass is 35.5. The number of hydrogen-bond donors (Lipinski definition) is 2. The molecule has 4 nitrogen and oxygen atoms in total. The van der Waals surface area contributed by atoms with Crippen LogP contribution in [0.2, 0.25) is 5.02 Å². The summed E-state index contributed by atoms with van der Waals surface area (Å²) in [5, 5.41) is 6.96. The summed E-state index contributed by atoms with van der Waals surface area (Å²) in [5.74, 6) is 2.96. The monoisotopic (exact) mass is 364 g/mol. The lowest BCUT2D eigenvalue weighted by atomic mass is 10.2. The molecule has 1 aliphatic rings. The molecule has 1 heterocycles. The van der Waals surface area contributed by atoms with Crippen molar-refractivity contribution >= 4 is 41.7 Å². The third-order valence-electron chi connectivity index (χ3n) is 3.17. The van der Waals surface area contributed by atoms with Gasteiger partial charge < -0.3 is 15.4 Å². The molecule has 22 heavy (non-hydrogen) atoms. The zero-order valence-corrected chi connectivity index (χ0v) is 14.9. The molecule has 0 spiro atoms. The molecule has 0 aromatic heterocycles. The molecule has 1 aromatic rings. The predicted octanol–water partition coefficient (Wildman–Crippen LogP) is 2.74. The van der Waals surface area contributed by atoms with Gasteiger partial charge in [0.05, 0.1) is 6.54 Å². The molecular formula is C15H22Cl2N2O2S. The van der Waals surface area contributed by atoms with Crippen LogP contribution < -0.4 is 15.4 Å². The lowest BCUT2D eigenvalue weighted by molar-refractivity contribution is -0.121. The van der Waals surface area contributed by atoms with Crippen molar-refractivity contribution in [3.63, 3.8) is 0 Å². The first-order chi connectivity index (χ1) is 10.1. The first-order valence-corrected chi connectivity index (χ1v) is 8.67. The van der Waals surface area contributed by atoms with Gasteiger partial charge in [-0.3, -0.25) is 4.79 Å². The van der Waals surface area contributed by atoms with E-state index in [1.165, 1.54) is 0 Å². The lowest BCUT2D eigenvalue weighted by Gasteiger charge is -2.23. The van der Waals surface area contributed by atoms with Crippen molar-refractivity contribution in [2.24, 2.45) is 0 Å². The molecule has 2 atom stereocenters. The van der Waals surface area contributed by atoms with Gasteiger partial charge in [0.15, 0.2) is 0 Å². The first kappa shape index (κ1) is 19.4. The average Bonchev–Trinajstić information content (AvgIpc) is 2.49. The summed E-state index contributed by atoms with van der Waals surface area (Å²) in [6.07, 6.45) is 0.449. The van der Waals surface area contributed by atoms with E-state index in [1.807, 2.05) is 30.8 Å². The highest BCUT2D eigenvalue weighted by Gasteiger charge is 2.17. The van der Waals surface area contributed by atoms with Crippen LogP contribution in [0, 0.1) is 0 Å². The van der Waals surface area contributed by atoms with Crippen LogP contribution in [-0.2, 0) is 4.79 Å². The summed E-state index contributed by atoms with van der Waals surface area (Å²) >= 11 is 7.72. The van der Waals surface area contributed by atoms with Crippen molar-refractivity contribution in [1.29, 1.82) is 0 Å². The van der Waals surface area contributed by atoms with E-state index in [0.717, 1.165) is 23.8 Å². The Labute approximate surface area is 147 Å². The van der Waals surface area contributed by atoms with Gasteiger partial charge in [0.1, 0.15) is 11.9 Å². The number of halogens is 2. The van der Waals surface area contributed by atoms with E-state index in [2.05, 4.69) is 10.6 Å². The molecule has 1 aliphatic heterocycles. The Morgan fingerprint density at radius 1 is 1.50 bits per heavy atom. The molecule has 0 bridgehead atoms. The van der Waals surface area contributed by atoms with Crippen molar-refractivity contribution in [3.8, 4) is 5.75 Å². The molecule has 0 aliphatic carbocycles. The Bertz CT molecular complexity index is 453. The topological polar surface area (TPSA) is 50.4 Å². The Morgan fingerprint density at radius 3 is 2.86 bits per heavy atom. The maximum Gasteiger partial charge on any atom is 0.221 e. The third kappa shape index (κ3) is 7.09. The molecule has 0 saturated carbocycles. The van der Waals surface area contributed by atoms with Gasteiger partial charge in [-0.25, -0.2) is 0 Å². The Kier molecular flexibility index (Phi) is 9.02. The molecular weight excluding hydrogens is 343 g/mol. The van der Waals surface area contributed by atoms with Crippen molar-refractivity contribution < 1.29 is 9.53 Å². The van der Waals surface area contributed by atoms with E-state index in [4.69, 9.17) is 16.3 Å². The van der Waals surface area contributed by atoms with Crippen molar-refractivity contribution in [3.05, 3.63) is 29.3 Å². The molecule has 1 fully saturated rings. The summed E-state index contributed by atoms with van der Waals surface area (Å²) in [6.45, 7) is 3.42. The normalized spacial score (nSPS) is 18.9. The second-order valence-corrected chi connectivity index (χ2v) is 6.70. The summed E-state index contributed by atoms with van der Waals surface area (Å²) in [5.41, 5.74) is 0. The number of thioether (sulfide) groups is 1. The molecule has 2 rings (SSSR count). The molecule has 124 valence electrons. The number of nitrogens with one attached hydrogen (secondary N) is 2. The minimum atomic E-state index is -0.0798. The fourth-order valence-corrected chi connectivity index (χ4v) is 3.17. The van der Waals surface area contributed by atoms with Crippen molar-refractivity contribution in [2.75, 3.05) is 24.6 Å². The largest absolute Gasteiger partial charge is 0.489 e. The van der Waals surface area contributed by atoms with E-state index in [1.54, 1.807) is 12.1 Å². The SMILES string of the molecule is CC(CNC(=O)CC1CSCCN1)Oc1ccc(Cl)cc1.Cl. The fraction of sp³-hybridized carbons (Fsp3) is 0.533. The number of benzene rings is 1. The zero-order chi connectivity index (χ0) is 15.1. The summed E-state index contributed by atoms with van der Waals surface area (Å²) < 4.78 is 5.72. The minimum Gasteiger partial charge on any atom is -0.489 e. The second-order valence-electron chi connectivity index (χ2n) is 5.12. The fourth-order valence-electron chi connectivity index (χ4n) is 2.09. The zero-order valence-electron chi connectivity index (χ0n) is 12.5. The highest BCUT2D eigenvalue weighted by Crippen LogP contribution is 2.16. The van der Waals surface area contributed by atoms with Gasteiger partial charge in [0.25, 0.3) is 0 Å². The molecule has 2 N–H and O–H groups in total. The maximum absolute atomic E-state index is 11.9. The van der Waals surface area contributed by atoms with Crippen LogP contribution in [-0.4, -0.2) is 42.6 Å². The second kappa shape index (κ2) is 10.2. The van der Waals surface area contributed by atoms with E-state index in [9.17, 15) is 4.79 Å². The summed E-state index contributed by atoms with van der Waals surface area (Å²) in [4.78, 5) is 11.9. The first-order valence-electron chi connectivity index (χ1n) is 7.13. The molecule has 1 aromatic carbocycles. The maximum atomic E-state index is 11.9. The minimum absolute atomic E-state index is 0. The summed E-state index contributed by atoms with van der Waals surface area (Å²) in [7, 11) is 0. The van der Waals surface area contributed by atoms with Crippen LogP contribution in [0.3, 0.4) is 0 Å².